The average Bonchev–Trinajstić information content (AvgIpc) is 2.40. The van der Waals surface area contributed by atoms with E-state index in [1.54, 1.807) is 0 Å². The van der Waals surface area contributed by atoms with Gasteiger partial charge in [-0.15, -0.1) is 12.4 Å². The second-order valence-electron chi connectivity index (χ2n) is 4.45. The fraction of sp³-hybridized carbons (Fsp3) is 0.538. The van der Waals surface area contributed by atoms with Crippen molar-refractivity contribution in [2.24, 2.45) is 0 Å². The number of hydrogen-bond donors (Lipinski definition) is 1. The summed E-state index contributed by atoms with van der Waals surface area (Å²) in [7, 11) is 0. The lowest BCUT2D eigenvalue weighted by Crippen LogP contribution is -2.45. The second kappa shape index (κ2) is 7.72. The van der Waals surface area contributed by atoms with Gasteiger partial charge in [0.2, 0.25) is 0 Å². The molecule has 108 valence electrons. The van der Waals surface area contributed by atoms with Gasteiger partial charge in [0.15, 0.2) is 0 Å². The highest BCUT2D eigenvalue weighted by Crippen LogP contribution is 2.27. The molecule has 1 aromatic carbocycles. The standard InChI is InChI=1S/C13H17F3N2.ClH/c14-4-3-13(18-7-5-17-6-8-18)11-9-10(15)1-2-12(11)16;/h1-2,9,13,17H,3-8H2;1H/t13-;/m1./s1. The van der Waals surface area contributed by atoms with E-state index in [2.05, 4.69) is 5.32 Å². The first kappa shape index (κ1) is 16.3. The minimum atomic E-state index is -0.537. The van der Waals surface area contributed by atoms with E-state index in [1.807, 2.05) is 4.90 Å². The zero-order valence-corrected chi connectivity index (χ0v) is 11.4. The summed E-state index contributed by atoms with van der Waals surface area (Å²) in [4.78, 5) is 2.01. The minimum absolute atomic E-state index is 0. The normalized spacial score (nSPS) is 17.8. The third-order valence-electron chi connectivity index (χ3n) is 3.29. The Labute approximate surface area is 117 Å². The van der Waals surface area contributed by atoms with Crippen LogP contribution in [0.2, 0.25) is 0 Å². The average molecular weight is 295 g/mol. The predicted octanol–water partition coefficient (Wildman–Crippen LogP) is 2.69. The van der Waals surface area contributed by atoms with Gasteiger partial charge in [-0.25, -0.2) is 8.78 Å². The zero-order valence-electron chi connectivity index (χ0n) is 10.5. The molecule has 1 saturated heterocycles. The summed E-state index contributed by atoms with van der Waals surface area (Å²) >= 11 is 0. The molecular weight excluding hydrogens is 277 g/mol. The third kappa shape index (κ3) is 4.09. The van der Waals surface area contributed by atoms with Crippen molar-refractivity contribution in [2.45, 2.75) is 12.5 Å². The SMILES string of the molecule is Cl.FCC[C@H](c1cc(F)ccc1F)N1CCNCC1. The highest BCUT2D eigenvalue weighted by Gasteiger charge is 2.24. The molecule has 0 radical (unpaired) electrons. The van der Waals surface area contributed by atoms with Gasteiger partial charge in [-0.3, -0.25) is 9.29 Å². The first-order chi connectivity index (χ1) is 8.72. The molecule has 1 heterocycles. The number of hydrogen-bond acceptors (Lipinski definition) is 2. The Balaban J connectivity index is 0.00000180. The van der Waals surface area contributed by atoms with Crippen molar-refractivity contribution in [2.75, 3.05) is 32.9 Å². The summed E-state index contributed by atoms with van der Waals surface area (Å²) in [6, 6.07) is 2.99. The van der Waals surface area contributed by atoms with Gasteiger partial charge in [0.05, 0.1) is 6.67 Å². The molecule has 0 unspecified atom stereocenters. The lowest BCUT2D eigenvalue weighted by molar-refractivity contribution is 0.154. The second-order valence-corrected chi connectivity index (χ2v) is 4.45. The Morgan fingerprint density at radius 3 is 2.53 bits per heavy atom. The molecule has 0 saturated carbocycles. The van der Waals surface area contributed by atoms with E-state index in [4.69, 9.17) is 0 Å². The Kier molecular flexibility index (Phi) is 6.62. The monoisotopic (exact) mass is 294 g/mol. The number of halogens is 4. The van der Waals surface area contributed by atoms with Crippen molar-refractivity contribution in [3.63, 3.8) is 0 Å². The molecule has 2 rings (SSSR count). The van der Waals surface area contributed by atoms with Crippen molar-refractivity contribution in [3.05, 3.63) is 35.4 Å². The van der Waals surface area contributed by atoms with Crippen molar-refractivity contribution < 1.29 is 13.2 Å². The van der Waals surface area contributed by atoms with Crippen LogP contribution in [0.3, 0.4) is 0 Å². The first-order valence-corrected chi connectivity index (χ1v) is 6.18. The number of piperazine rings is 1. The van der Waals surface area contributed by atoms with Gasteiger partial charge in [0.25, 0.3) is 0 Å². The molecule has 0 amide bonds. The van der Waals surface area contributed by atoms with Crippen molar-refractivity contribution in [1.82, 2.24) is 10.2 Å². The Morgan fingerprint density at radius 1 is 1.21 bits per heavy atom. The summed E-state index contributed by atoms with van der Waals surface area (Å²) in [5.74, 6) is -0.946. The van der Waals surface area contributed by atoms with Crippen molar-refractivity contribution in [1.29, 1.82) is 0 Å². The molecule has 2 nitrogen and oxygen atoms in total. The van der Waals surface area contributed by atoms with Gasteiger partial charge in [-0.05, 0) is 24.6 Å². The molecule has 1 aromatic rings. The largest absolute Gasteiger partial charge is 0.314 e. The molecule has 0 bridgehead atoms. The highest BCUT2D eigenvalue weighted by molar-refractivity contribution is 5.85. The Morgan fingerprint density at radius 2 is 1.89 bits per heavy atom. The van der Waals surface area contributed by atoms with E-state index >= 15 is 0 Å². The molecule has 1 aliphatic heterocycles. The molecule has 1 aliphatic rings. The molecule has 0 spiro atoms. The highest BCUT2D eigenvalue weighted by atomic mass is 35.5. The maximum Gasteiger partial charge on any atom is 0.128 e. The van der Waals surface area contributed by atoms with Crippen LogP contribution in [-0.2, 0) is 0 Å². The van der Waals surface area contributed by atoms with Crippen LogP contribution in [0, 0.1) is 11.6 Å². The summed E-state index contributed by atoms with van der Waals surface area (Å²) in [6.45, 7) is 2.49. The summed E-state index contributed by atoms with van der Waals surface area (Å²) in [5, 5.41) is 3.19. The number of nitrogens with zero attached hydrogens (tertiary/aromatic N) is 1. The van der Waals surface area contributed by atoms with Crippen LogP contribution in [0.25, 0.3) is 0 Å². The molecule has 1 N–H and O–H groups in total. The fourth-order valence-electron chi connectivity index (χ4n) is 2.40. The summed E-state index contributed by atoms with van der Waals surface area (Å²) in [5.41, 5.74) is 0.259. The molecule has 6 heteroatoms. The van der Waals surface area contributed by atoms with Crippen LogP contribution in [0.15, 0.2) is 18.2 Å². The van der Waals surface area contributed by atoms with Crippen molar-refractivity contribution in [3.8, 4) is 0 Å². The number of benzene rings is 1. The van der Waals surface area contributed by atoms with Crippen LogP contribution >= 0.6 is 12.4 Å². The van der Waals surface area contributed by atoms with Gasteiger partial charge in [0, 0.05) is 37.8 Å². The topological polar surface area (TPSA) is 15.3 Å². The van der Waals surface area contributed by atoms with E-state index < -0.39 is 18.3 Å². The molecule has 19 heavy (non-hydrogen) atoms. The van der Waals surface area contributed by atoms with Gasteiger partial charge >= 0.3 is 0 Å². The quantitative estimate of drug-likeness (QED) is 0.918. The van der Waals surface area contributed by atoms with E-state index in [0.717, 1.165) is 38.3 Å². The van der Waals surface area contributed by atoms with Crippen molar-refractivity contribution >= 4 is 12.4 Å². The fourth-order valence-corrected chi connectivity index (χ4v) is 2.40. The molecule has 0 aromatic heterocycles. The van der Waals surface area contributed by atoms with Crippen LogP contribution in [0.4, 0.5) is 13.2 Å². The van der Waals surface area contributed by atoms with E-state index in [9.17, 15) is 13.2 Å². The predicted molar refractivity (Wildman–Crippen MR) is 71.4 cm³/mol. The molecule has 0 aliphatic carbocycles. The number of alkyl halides is 1. The van der Waals surface area contributed by atoms with Gasteiger partial charge in [-0.2, -0.15) is 0 Å². The van der Waals surface area contributed by atoms with Crippen LogP contribution in [0.1, 0.15) is 18.0 Å². The van der Waals surface area contributed by atoms with Gasteiger partial charge in [0.1, 0.15) is 11.6 Å². The Bertz CT molecular complexity index is 397. The summed E-state index contributed by atoms with van der Waals surface area (Å²) < 4.78 is 39.6. The van der Waals surface area contributed by atoms with E-state index in [0.29, 0.717) is 0 Å². The first-order valence-electron chi connectivity index (χ1n) is 6.18. The van der Waals surface area contributed by atoms with Gasteiger partial charge < -0.3 is 5.32 Å². The lowest BCUT2D eigenvalue weighted by atomic mass is 10.0. The van der Waals surface area contributed by atoms with Crippen LogP contribution in [-0.4, -0.2) is 37.8 Å². The van der Waals surface area contributed by atoms with E-state index in [1.165, 1.54) is 6.07 Å². The summed E-state index contributed by atoms with van der Waals surface area (Å²) in [6.07, 6.45) is 0.195. The maximum absolute atomic E-state index is 13.8. The molecule has 1 atom stereocenters. The van der Waals surface area contributed by atoms with Gasteiger partial charge in [-0.1, -0.05) is 0 Å². The van der Waals surface area contributed by atoms with Crippen LogP contribution < -0.4 is 5.32 Å². The zero-order chi connectivity index (χ0) is 13.0. The number of rotatable bonds is 4. The van der Waals surface area contributed by atoms with Crippen LogP contribution in [0.5, 0.6) is 0 Å². The lowest BCUT2D eigenvalue weighted by Gasteiger charge is -2.35. The molecular formula is C13H18ClF3N2. The number of nitrogens with one attached hydrogen (secondary N) is 1. The smallest absolute Gasteiger partial charge is 0.128 e. The maximum atomic E-state index is 13.8. The Hall–Kier alpha value is -0.780. The van der Waals surface area contributed by atoms with E-state index in [-0.39, 0.29) is 30.4 Å². The molecule has 1 fully saturated rings. The third-order valence-corrected chi connectivity index (χ3v) is 3.29. The minimum Gasteiger partial charge on any atom is -0.314 e.